The maximum Gasteiger partial charge on any atom is 0.273 e. The van der Waals surface area contributed by atoms with E-state index < -0.39 is 4.92 Å². The zero-order chi connectivity index (χ0) is 19.1. The summed E-state index contributed by atoms with van der Waals surface area (Å²) in [6, 6.07) is 4.52. The van der Waals surface area contributed by atoms with Gasteiger partial charge in [0.1, 0.15) is 0 Å². The van der Waals surface area contributed by atoms with E-state index in [-0.39, 0.29) is 23.5 Å². The van der Waals surface area contributed by atoms with Crippen molar-refractivity contribution in [1.29, 1.82) is 0 Å². The lowest BCUT2D eigenvalue weighted by atomic mass is 10.0. The SMILES string of the molecule is CCCNC(=O)CN1CCC(NC(=O)c2ccc(C)c([N+](=O)[O-])c2)CC1. The minimum Gasteiger partial charge on any atom is -0.355 e. The molecule has 8 heteroatoms. The van der Waals surface area contributed by atoms with Crippen LogP contribution in [0.3, 0.4) is 0 Å². The fourth-order valence-electron chi connectivity index (χ4n) is 2.97. The normalized spacial score (nSPS) is 15.5. The van der Waals surface area contributed by atoms with Crippen molar-refractivity contribution in [2.24, 2.45) is 0 Å². The molecule has 1 aliphatic rings. The Morgan fingerprint density at radius 1 is 1.31 bits per heavy atom. The molecule has 26 heavy (non-hydrogen) atoms. The Hall–Kier alpha value is -2.48. The van der Waals surface area contributed by atoms with Crippen LogP contribution < -0.4 is 10.6 Å². The number of rotatable bonds is 7. The number of hydrogen-bond donors (Lipinski definition) is 2. The van der Waals surface area contributed by atoms with Gasteiger partial charge in [-0.15, -0.1) is 0 Å². The minimum absolute atomic E-state index is 0.0119. The Bertz CT molecular complexity index is 669. The van der Waals surface area contributed by atoms with Gasteiger partial charge in [0.15, 0.2) is 0 Å². The summed E-state index contributed by atoms with van der Waals surface area (Å²) in [4.78, 5) is 36.7. The molecule has 1 fully saturated rings. The Balaban J connectivity index is 1.84. The monoisotopic (exact) mass is 362 g/mol. The van der Waals surface area contributed by atoms with Crippen LogP contribution in [-0.4, -0.2) is 53.9 Å². The Labute approximate surface area is 153 Å². The highest BCUT2D eigenvalue weighted by Crippen LogP contribution is 2.19. The number of benzene rings is 1. The molecule has 142 valence electrons. The highest BCUT2D eigenvalue weighted by molar-refractivity contribution is 5.95. The van der Waals surface area contributed by atoms with Gasteiger partial charge in [-0.05, 0) is 32.3 Å². The van der Waals surface area contributed by atoms with E-state index in [4.69, 9.17) is 0 Å². The molecule has 0 aromatic heterocycles. The molecule has 1 saturated heterocycles. The van der Waals surface area contributed by atoms with Crippen LogP contribution in [-0.2, 0) is 4.79 Å². The molecule has 0 spiro atoms. The van der Waals surface area contributed by atoms with Crippen LogP contribution in [0.25, 0.3) is 0 Å². The molecule has 2 amide bonds. The first-order valence-electron chi connectivity index (χ1n) is 8.95. The third kappa shape index (κ3) is 5.52. The number of aryl methyl sites for hydroxylation is 1. The first-order chi connectivity index (χ1) is 12.4. The maximum absolute atomic E-state index is 12.4. The molecule has 0 radical (unpaired) electrons. The highest BCUT2D eigenvalue weighted by Gasteiger charge is 2.23. The molecule has 1 heterocycles. The summed E-state index contributed by atoms with van der Waals surface area (Å²) >= 11 is 0. The lowest BCUT2D eigenvalue weighted by Crippen LogP contribution is -2.47. The summed E-state index contributed by atoms with van der Waals surface area (Å²) in [6.07, 6.45) is 2.42. The summed E-state index contributed by atoms with van der Waals surface area (Å²) in [5.41, 5.74) is 0.774. The summed E-state index contributed by atoms with van der Waals surface area (Å²) in [5.74, 6) is -0.270. The quantitative estimate of drug-likeness (QED) is 0.566. The van der Waals surface area contributed by atoms with Gasteiger partial charge in [-0.2, -0.15) is 0 Å². The van der Waals surface area contributed by atoms with E-state index in [1.54, 1.807) is 19.1 Å². The summed E-state index contributed by atoms with van der Waals surface area (Å²) in [7, 11) is 0. The third-order valence-corrected chi connectivity index (χ3v) is 4.53. The second-order valence-corrected chi connectivity index (χ2v) is 6.63. The first kappa shape index (κ1) is 19.8. The number of nitrogens with zero attached hydrogens (tertiary/aromatic N) is 2. The number of likely N-dealkylation sites (tertiary alicyclic amines) is 1. The van der Waals surface area contributed by atoms with E-state index in [2.05, 4.69) is 15.5 Å². The molecule has 1 aliphatic heterocycles. The van der Waals surface area contributed by atoms with Crippen LogP contribution in [0.1, 0.15) is 42.1 Å². The molecule has 0 atom stereocenters. The predicted molar refractivity (Wildman–Crippen MR) is 98.1 cm³/mol. The molecular weight excluding hydrogens is 336 g/mol. The number of nitrogens with one attached hydrogen (secondary N) is 2. The van der Waals surface area contributed by atoms with Crippen LogP contribution in [0.4, 0.5) is 5.69 Å². The van der Waals surface area contributed by atoms with Gasteiger partial charge >= 0.3 is 0 Å². The molecule has 8 nitrogen and oxygen atoms in total. The second-order valence-electron chi connectivity index (χ2n) is 6.63. The predicted octanol–water partition coefficient (Wildman–Crippen LogP) is 1.62. The molecule has 1 aromatic rings. The molecule has 0 bridgehead atoms. The highest BCUT2D eigenvalue weighted by atomic mass is 16.6. The number of carbonyl (C=O) groups excluding carboxylic acids is 2. The van der Waals surface area contributed by atoms with E-state index >= 15 is 0 Å². The fourth-order valence-corrected chi connectivity index (χ4v) is 2.97. The van der Waals surface area contributed by atoms with Gasteiger partial charge in [0.2, 0.25) is 5.91 Å². The smallest absolute Gasteiger partial charge is 0.273 e. The summed E-state index contributed by atoms with van der Waals surface area (Å²) in [6.45, 7) is 6.19. The number of nitro groups is 1. The van der Waals surface area contributed by atoms with Crippen molar-refractivity contribution >= 4 is 17.5 Å². The third-order valence-electron chi connectivity index (χ3n) is 4.53. The van der Waals surface area contributed by atoms with E-state index in [0.29, 0.717) is 24.2 Å². The van der Waals surface area contributed by atoms with E-state index in [1.165, 1.54) is 6.07 Å². The number of carbonyl (C=O) groups is 2. The van der Waals surface area contributed by atoms with Crippen molar-refractivity contribution in [3.8, 4) is 0 Å². The standard InChI is InChI=1S/C18H26N4O4/c1-3-8-19-17(23)12-21-9-6-15(7-10-21)20-18(24)14-5-4-13(2)16(11-14)22(25)26/h4-5,11,15H,3,6-10,12H2,1-2H3,(H,19,23)(H,20,24). The van der Waals surface area contributed by atoms with Crippen LogP contribution in [0.15, 0.2) is 18.2 Å². The zero-order valence-electron chi connectivity index (χ0n) is 15.3. The molecule has 0 aliphatic carbocycles. The first-order valence-corrected chi connectivity index (χ1v) is 8.95. The molecule has 1 aromatic carbocycles. The van der Waals surface area contributed by atoms with E-state index in [0.717, 1.165) is 32.4 Å². The second kappa shape index (κ2) is 9.28. The van der Waals surface area contributed by atoms with Crippen molar-refractivity contribution < 1.29 is 14.5 Å². The van der Waals surface area contributed by atoms with Crippen molar-refractivity contribution in [3.63, 3.8) is 0 Å². The average molecular weight is 362 g/mol. The largest absolute Gasteiger partial charge is 0.355 e. The van der Waals surface area contributed by atoms with Crippen molar-refractivity contribution in [1.82, 2.24) is 15.5 Å². The lowest BCUT2D eigenvalue weighted by molar-refractivity contribution is -0.385. The number of nitro benzene ring substituents is 1. The topological polar surface area (TPSA) is 105 Å². The zero-order valence-corrected chi connectivity index (χ0v) is 15.3. The van der Waals surface area contributed by atoms with Crippen molar-refractivity contribution in [2.45, 2.75) is 39.2 Å². The van der Waals surface area contributed by atoms with Crippen LogP contribution in [0, 0.1) is 17.0 Å². The van der Waals surface area contributed by atoms with Gasteiger partial charge in [-0.25, -0.2) is 0 Å². The molecule has 2 N–H and O–H groups in total. The Kier molecular flexibility index (Phi) is 7.08. The average Bonchev–Trinajstić information content (AvgIpc) is 2.61. The van der Waals surface area contributed by atoms with Crippen molar-refractivity contribution in [2.75, 3.05) is 26.2 Å². The van der Waals surface area contributed by atoms with Crippen LogP contribution >= 0.6 is 0 Å². The fraction of sp³-hybridized carbons (Fsp3) is 0.556. The summed E-state index contributed by atoms with van der Waals surface area (Å²) < 4.78 is 0. The molecule has 2 rings (SSSR count). The summed E-state index contributed by atoms with van der Waals surface area (Å²) in [5, 5.41) is 16.8. The lowest BCUT2D eigenvalue weighted by Gasteiger charge is -2.31. The molecule has 0 saturated carbocycles. The Morgan fingerprint density at radius 2 is 2.00 bits per heavy atom. The minimum atomic E-state index is -0.478. The van der Waals surface area contributed by atoms with Gasteiger partial charge in [0.25, 0.3) is 11.6 Å². The maximum atomic E-state index is 12.4. The molecular formula is C18H26N4O4. The number of hydrogen-bond acceptors (Lipinski definition) is 5. The van der Waals surface area contributed by atoms with Gasteiger partial charge in [0, 0.05) is 42.9 Å². The van der Waals surface area contributed by atoms with Crippen LogP contribution in [0.2, 0.25) is 0 Å². The van der Waals surface area contributed by atoms with Gasteiger partial charge < -0.3 is 10.6 Å². The van der Waals surface area contributed by atoms with Gasteiger partial charge in [0.05, 0.1) is 11.5 Å². The van der Waals surface area contributed by atoms with Crippen LogP contribution in [0.5, 0.6) is 0 Å². The van der Waals surface area contributed by atoms with Gasteiger partial charge in [-0.1, -0.05) is 13.0 Å². The van der Waals surface area contributed by atoms with E-state index in [1.807, 2.05) is 6.92 Å². The molecule has 0 unspecified atom stereocenters. The number of amides is 2. The Morgan fingerprint density at radius 3 is 2.62 bits per heavy atom. The van der Waals surface area contributed by atoms with Gasteiger partial charge in [-0.3, -0.25) is 24.6 Å². The number of piperidine rings is 1. The van der Waals surface area contributed by atoms with Crippen molar-refractivity contribution in [3.05, 3.63) is 39.4 Å². The van der Waals surface area contributed by atoms with E-state index in [9.17, 15) is 19.7 Å².